The van der Waals surface area contributed by atoms with Crippen LogP contribution < -0.4 is 5.32 Å². The Morgan fingerprint density at radius 3 is 3.00 bits per heavy atom. The SMILES string of the molecule is CNc1snc(C)c1-c1nc(-c2ccncn2)no1. The molecule has 3 aromatic rings. The molecule has 0 radical (unpaired) electrons. The summed E-state index contributed by atoms with van der Waals surface area (Å²) in [6, 6.07) is 1.73. The minimum absolute atomic E-state index is 0.434. The second kappa shape index (κ2) is 4.73. The zero-order valence-electron chi connectivity index (χ0n) is 10.3. The molecule has 0 aliphatic rings. The summed E-state index contributed by atoms with van der Waals surface area (Å²) in [5.74, 6) is 0.870. The molecule has 0 aromatic carbocycles. The number of aromatic nitrogens is 5. The van der Waals surface area contributed by atoms with E-state index in [1.807, 2.05) is 14.0 Å². The van der Waals surface area contributed by atoms with Crippen LogP contribution in [0.4, 0.5) is 5.00 Å². The van der Waals surface area contributed by atoms with E-state index in [4.69, 9.17) is 4.52 Å². The van der Waals surface area contributed by atoms with Crippen LogP contribution >= 0.6 is 11.5 Å². The first-order chi connectivity index (χ1) is 9.29. The molecule has 0 bridgehead atoms. The predicted molar refractivity (Wildman–Crippen MR) is 70.7 cm³/mol. The lowest BCUT2D eigenvalue weighted by Gasteiger charge is -1.96. The second-order valence-electron chi connectivity index (χ2n) is 3.74. The highest BCUT2D eigenvalue weighted by atomic mass is 32.1. The summed E-state index contributed by atoms with van der Waals surface area (Å²) >= 11 is 1.36. The molecule has 0 atom stereocenters. The van der Waals surface area contributed by atoms with Crippen LogP contribution in [-0.2, 0) is 0 Å². The van der Waals surface area contributed by atoms with Gasteiger partial charge < -0.3 is 9.84 Å². The van der Waals surface area contributed by atoms with E-state index < -0.39 is 0 Å². The lowest BCUT2D eigenvalue weighted by Crippen LogP contribution is -1.89. The summed E-state index contributed by atoms with van der Waals surface area (Å²) in [6.45, 7) is 1.90. The monoisotopic (exact) mass is 274 g/mol. The molecule has 0 amide bonds. The van der Waals surface area contributed by atoms with Gasteiger partial charge in [0.05, 0.1) is 11.3 Å². The average molecular weight is 274 g/mol. The summed E-state index contributed by atoms with van der Waals surface area (Å²) in [5.41, 5.74) is 2.31. The number of aryl methyl sites for hydroxylation is 1. The van der Waals surface area contributed by atoms with Crippen LogP contribution in [0.1, 0.15) is 5.69 Å². The van der Waals surface area contributed by atoms with Crippen molar-refractivity contribution < 1.29 is 4.52 Å². The van der Waals surface area contributed by atoms with E-state index in [9.17, 15) is 0 Å². The van der Waals surface area contributed by atoms with Crippen LogP contribution in [0.3, 0.4) is 0 Å². The molecule has 1 N–H and O–H groups in total. The molecule has 0 aliphatic heterocycles. The molecule has 0 saturated heterocycles. The van der Waals surface area contributed by atoms with Crippen LogP contribution in [-0.4, -0.2) is 31.5 Å². The zero-order chi connectivity index (χ0) is 13.2. The normalized spacial score (nSPS) is 10.6. The summed E-state index contributed by atoms with van der Waals surface area (Å²) in [7, 11) is 1.83. The molecule has 96 valence electrons. The summed E-state index contributed by atoms with van der Waals surface area (Å²) < 4.78 is 9.56. The van der Waals surface area contributed by atoms with Crippen molar-refractivity contribution in [2.45, 2.75) is 6.92 Å². The Labute approximate surface area is 112 Å². The largest absolute Gasteiger partial charge is 0.378 e. The Balaban J connectivity index is 2.04. The predicted octanol–water partition coefficient (Wildman–Crippen LogP) is 2.00. The first-order valence-corrected chi connectivity index (χ1v) is 6.31. The number of rotatable bonds is 3. The van der Waals surface area contributed by atoms with Crippen molar-refractivity contribution in [2.24, 2.45) is 0 Å². The fourth-order valence-corrected chi connectivity index (χ4v) is 2.38. The van der Waals surface area contributed by atoms with Gasteiger partial charge in [-0.05, 0) is 24.5 Å². The third-order valence-corrected chi connectivity index (χ3v) is 3.50. The van der Waals surface area contributed by atoms with Gasteiger partial charge >= 0.3 is 0 Å². The minimum Gasteiger partial charge on any atom is -0.378 e. The maximum atomic E-state index is 5.29. The maximum Gasteiger partial charge on any atom is 0.263 e. The van der Waals surface area contributed by atoms with Gasteiger partial charge in [0.1, 0.15) is 17.0 Å². The number of nitrogens with one attached hydrogen (secondary N) is 1. The van der Waals surface area contributed by atoms with Crippen LogP contribution in [0.25, 0.3) is 23.0 Å². The first-order valence-electron chi connectivity index (χ1n) is 5.54. The molecule has 3 aromatic heterocycles. The molecule has 7 nitrogen and oxygen atoms in total. The molecule has 0 saturated carbocycles. The lowest BCUT2D eigenvalue weighted by atomic mass is 10.2. The van der Waals surface area contributed by atoms with Gasteiger partial charge in [0.25, 0.3) is 5.89 Å². The molecule has 0 unspecified atom stereocenters. The van der Waals surface area contributed by atoms with E-state index in [2.05, 4.69) is 29.8 Å². The van der Waals surface area contributed by atoms with Crippen LogP contribution in [0.15, 0.2) is 23.1 Å². The van der Waals surface area contributed by atoms with Crippen LogP contribution in [0.2, 0.25) is 0 Å². The van der Waals surface area contributed by atoms with E-state index in [1.54, 1.807) is 12.3 Å². The quantitative estimate of drug-likeness (QED) is 0.781. The molecule has 0 fully saturated rings. The van der Waals surface area contributed by atoms with Gasteiger partial charge in [-0.2, -0.15) is 9.36 Å². The highest BCUT2D eigenvalue weighted by Gasteiger charge is 2.19. The van der Waals surface area contributed by atoms with E-state index in [0.717, 1.165) is 16.3 Å². The summed E-state index contributed by atoms with van der Waals surface area (Å²) in [4.78, 5) is 12.3. The van der Waals surface area contributed by atoms with Crippen LogP contribution in [0, 0.1) is 6.92 Å². The van der Waals surface area contributed by atoms with Gasteiger partial charge in [0.2, 0.25) is 5.82 Å². The fraction of sp³-hybridized carbons (Fsp3) is 0.182. The Morgan fingerprint density at radius 1 is 1.37 bits per heavy atom. The number of nitrogens with zero attached hydrogens (tertiary/aromatic N) is 5. The Kier molecular flexibility index (Phi) is 2.92. The molecule has 3 rings (SSSR count). The summed E-state index contributed by atoms with van der Waals surface area (Å²) in [5, 5.41) is 7.90. The maximum absolute atomic E-state index is 5.29. The van der Waals surface area contributed by atoms with Crippen LogP contribution in [0.5, 0.6) is 0 Å². The Hall–Kier alpha value is -2.35. The van der Waals surface area contributed by atoms with E-state index >= 15 is 0 Å². The second-order valence-corrected chi connectivity index (χ2v) is 4.51. The highest BCUT2D eigenvalue weighted by Crippen LogP contribution is 2.33. The van der Waals surface area contributed by atoms with Crippen molar-refractivity contribution >= 4 is 16.5 Å². The highest BCUT2D eigenvalue weighted by molar-refractivity contribution is 7.10. The molecule has 0 aliphatic carbocycles. The smallest absolute Gasteiger partial charge is 0.263 e. The van der Waals surface area contributed by atoms with Gasteiger partial charge in [-0.3, -0.25) is 0 Å². The van der Waals surface area contributed by atoms with Gasteiger partial charge in [-0.1, -0.05) is 5.16 Å². The van der Waals surface area contributed by atoms with Crippen molar-refractivity contribution in [1.82, 2.24) is 24.5 Å². The molecule has 3 heterocycles. The number of anilines is 1. The van der Waals surface area contributed by atoms with Crippen molar-refractivity contribution in [2.75, 3.05) is 12.4 Å². The van der Waals surface area contributed by atoms with Gasteiger partial charge in [0, 0.05) is 13.2 Å². The first kappa shape index (κ1) is 11.7. The topological polar surface area (TPSA) is 89.6 Å². The van der Waals surface area contributed by atoms with E-state index in [0.29, 0.717) is 17.4 Å². The van der Waals surface area contributed by atoms with Crippen molar-refractivity contribution in [3.8, 4) is 23.0 Å². The van der Waals surface area contributed by atoms with Crippen molar-refractivity contribution in [3.63, 3.8) is 0 Å². The zero-order valence-corrected chi connectivity index (χ0v) is 11.1. The van der Waals surface area contributed by atoms with Gasteiger partial charge in [-0.15, -0.1) is 0 Å². The lowest BCUT2D eigenvalue weighted by molar-refractivity contribution is 0.432. The third kappa shape index (κ3) is 2.06. The molecule has 8 heteroatoms. The Morgan fingerprint density at radius 2 is 2.26 bits per heavy atom. The molecular weight excluding hydrogens is 264 g/mol. The minimum atomic E-state index is 0.434. The average Bonchev–Trinajstić information content (AvgIpc) is 3.05. The molecule has 19 heavy (non-hydrogen) atoms. The number of hydrogen-bond acceptors (Lipinski definition) is 8. The summed E-state index contributed by atoms with van der Waals surface area (Å²) in [6.07, 6.45) is 3.08. The third-order valence-electron chi connectivity index (χ3n) is 2.54. The van der Waals surface area contributed by atoms with Gasteiger partial charge in [-0.25, -0.2) is 9.97 Å². The van der Waals surface area contributed by atoms with Crippen molar-refractivity contribution in [3.05, 3.63) is 24.3 Å². The molecular formula is C11H10N6OS. The number of hydrogen-bond donors (Lipinski definition) is 1. The fourth-order valence-electron chi connectivity index (χ4n) is 1.64. The standard InChI is InChI=1S/C11H10N6OS/c1-6-8(11(12-2)19-17-6)10-15-9(16-18-10)7-3-4-13-5-14-7/h3-5,12H,1-2H3. The van der Waals surface area contributed by atoms with Crippen molar-refractivity contribution in [1.29, 1.82) is 0 Å². The molecule has 0 spiro atoms. The van der Waals surface area contributed by atoms with Gasteiger partial charge in [0.15, 0.2) is 0 Å². The van der Waals surface area contributed by atoms with E-state index in [-0.39, 0.29) is 0 Å². The Bertz CT molecular complexity index is 692. The van der Waals surface area contributed by atoms with E-state index in [1.165, 1.54) is 17.9 Å².